The van der Waals surface area contributed by atoms with Crippen LogP contribution in [0.15, 0.2) is 17.5 Å². The maximum absolute atomic E-state index is 10.7. The summed E-state index contributed by atoms with van der Waals surface area (Å²) in [5.74, 6) is 0. The lowest BCUT2D eigenvalue weighted by atomic mass is 9.84. The van der Waals surface area contributed by atoms with Crippen molar-refractivity contribution in [3.8, 4) is 0 Å². The van der Waals surface area contributed by atoms with Gasteiger partial charge in [0.15, 0.2) is 0 Å². The van der Waals surface area contributed by atoms with Crippen LogP contribution in [0.3, 0.4) is 0 Å². The highest BCUT2D eigenvalue weighted by molar-refractivity contribution is 7.10. The minimum absolute atomic E-state index is 0.195. The highest BCUT2D eigenvalue weighted by Gasteiger charge is 2.33. The molecule has 0 radical (unpaired) electrons. The van der Waals surface area contributed by atoms with Crippen LogP contribution in [0.4, 0.5) is 0 Å². The second-order valence-corrected chi connectivity index (χ2v) is 6.87. The molecule has 106 valence electrons. The van der Waals surface area contributed by atoms with Gasteiger partial charge in [-0.05, 0) is 24.3 Å². The highest BCUT2D eigenvalue weighted by Crippen LogP contribution is 2.31. The van der Waals surface area contributed by atoms with Crippen LogP contribution < -0.4 is 0 Å². The third-order valence-corrected chi connectivity index (χ3v) is 5.28. The number of nitrogens with zero attached hydrogens (tertiary/aromatic N) is 1. The van der Waals surface area contributed by atoms with Crippen LogP contribution in [0.5, 0.6) is 0 Å². The second kappa shape index (κ2) is 5.92. The molecular weight excluding hydrogens is 258 g/mol. The molecule has 2 aliphatic rings. The van der Waals surface area contributed by atoms with Crippen LogP contribution in [-0.4, -0.2) is 41.8 Å². The lowest BCUT2D eigenvalue weighted by molar-refractivity contribution is -0.0757. The molecule has 2 heterocycles. The summed E-state index contributed by atoms with van der Waals surface area (Å²) in [4.78, 5) is 3.69. The van der Waals surface area contributed by atoms with E-state index in [4.69, 9.17) is 4.74 Å². The zero-order valence-electron chi connectivity index (χ0n) is 11.4. The molecule has 3 rings (SSSR count). The summed E-state index contributed by atoms with van der Waals surface area (Å²) >= 11 is 1.76. The van der Waals surface area contributed by atoms with Gasteiger partial charge in [0, 0.05) is 24.5 Å². The minimum atomic E-state index is -0.449. The third kappa shape index (κ3) is 3.37. The Kier molecular flexibility index (Phi) is 4.22. The molecule has 1 aromatic heterocycles. The highest BCUT2D eigenvalue weighted by atomic mass is 32.1. The fourth-order valence-electron chi connectivity index (χ4n) is 3.28. The first-order valence-electron chi connectivity index (χ1n) is 7.35. The predicted molar refractivity (Wildman–Crippen MR) is 77.5 cm³/mol. The molecule has 1 aliphatic carbocycles. The number of β-amino-alcohol motifs (C(OH)–C–C–N with tert-alkyl or cyclic N) is 1. The van der Waals surface area contributed by atoms with E-state index in [-0.39, 0.29) is 6.10 Å². The van der Waals surface area contributed by atoms with Crippen molar-refractivity contribution >= 4 is 11.3 Å². The van der Waals surface area contributed by atoms with E-state index in [0.29, 0.717) is 0 Å². The van der Waals surface area contributed by atoms with Crippen LogP contribution in [0.1, 0.15) is 43.1 Å². The Morgan fingerprint density at radius 3 is 2.95 bits per heavy atom. The Balaban J connectivity index is 1.59. The van der Waals surface area contributed by atoms with Crippen LogP contribution in [-0.2, 0) is 4.74 Å². The summed E-state index contributed by atoms with van der Waals surface area (Å²) in [6.07, 6.45) is 5.76. The molecule has 1 aliphatic heterocycles. The Morgan fingerprint density at radius 1 is 1.37 bits per heavy atom. The number of rotatable bonds is 3. The minimum Gasteiger partial charge on any atom is -0.389 e. The largest absolute Gasteiger partial charge is 0.389 e. The van der Waals surface area contributed by atoms with Crippen LogP contribution >= 0.6 is 11.3 Å². The van der Waals surface area contributed by atoms with Crippen molar-refractivity contribution in [3.05, 3.63) is 22.4 Å². The standard InChI is InChI=1S/C15H23NO2S/c17-15(6-2-1-3-7-15)12-16-8-9-18-13(11-16)14-5-4-10-19-14/h4-5,10,13,17H,1-3,6-9,11-12H2. The maximum atomic E-state index is 10.7. The molecule has 4 heteroatoms. The number of ether oxygens (including phenoxy) is 1. The molecule has 1 atom stereocenters. The maximum Gasteiger partial charge on any atom is 0.104 e. The third-order valence-electron chi connectivity index (χ3n) is 4.31. The van der Waals surface area contributed by atoms with Crippen LogP contribution in [0, 0.1) is 0 Å². The average Bonchev–Trinajstić information content (AvgIpc) is 2.93. The van der Waals surface area contributed by atoms with Gasteiger partial charge in [0.05, 0.1) is 12.2 Å². The normalized spacial score (nSPS) is 28.4. The molecule has 1 unspecified atom stereocenters. The lowest BCUT2D eigenvalue weighted by Gasteiger charge is -2.40. The number of hydrogen-bond donors (Lipinski definition) is 1. The molecule has 1 N–H and O–H groups in total. The van der Waals surface area contributed by atoms with Gasteiger partial charge in [0.25, 0.3) is 0 Å². The first-order valence-corrected chi connectivity index (χ1v) is 8.23. The molecule has 1 saturated heterocycles. The molecule has 0 amide bonds. The average molecular weight is 281 g/mol. The number of thiophene rings is 1. The van der Waals surface area contributed by atoms with E-state index >= 15 is 0 Å². The van der Waals surface area contributed by atoms with E-state index in [2.05, 4.69) is 22.4 Å². The van der Waals surface area contributed by atoms with Gasteiger partial charge in [-0.3, -0.25) is 4.90 Å². The Bertz CT molecular complexity index is 387. The Labute approximate surface area is 119 Å². The van der Waals surface area contributed by atoms with Gasteiger partial charge in [0.2, 0.25) is 0 Å². The molecule has 2 fully saturated rings. The van der Waals surface area contributed by atoms with Gasteiger partial charge in [-0.1, -0.05) is 25.3 Å². The summed E-state index contributed by atoms with van der Waals surface area (Å²) in [5.41, 5.74) is -0.449. The molecule has 0 aromatic carbocycles. The fourth-order valence-corrected chi connectivity index (χ4v) is 4.04. The first kappa shape index (κ1) is 13.6. The summed E-state index contributed by atoms with van der Waals surface area (Å²) in [7, 11) is 0. The van der Waals surface area contributed by atoms with Crippen molar-refractivity contribution in [2.45, 2.75) is 43.8 Å². The molecule has 19 heavy (non-hydrogen) atoms. The molecule has 1 saturated carbocycles. The van der Waals surface area contributed by atoms with E-state index in [1.807, 2.05) is 0 Å². The topological polar surface area (TPSA) is 32.7 Å². The molecular formula is C15H23NO2S. The number of hydrogen-bond acceptors (Lipinski definition) is 4. The zero-order chi connectivity index (χ0) is 13.1. The summed E-state index contributed by atoms with van der Waals surface area (Å²) in [5, 5.41) is 12.8. The Morgan fingerprint density at radius 2 is 2.21 bits per heavy atom. The van der Waals surface area contributed by atoms with Gasteiger partial charge < -0.3 is 9.84 Å². The lowest BCUT2D eigenvalue weighted by Crippen LogP contribution is -2.48. The predicted octanol–water partition coefficient (Wildman–Crippen LogP) is 2.82. The van der Waals surface area contributed by atoms with Crippen molar-refractivity contribution in [3.63, 3.8) is 0 Å². The second-order valence-electron chi connectivity index (χ2n) is 5.89. The smallest absolute Gasteiger partial charge is 0.104 e. The van der Waals surface area contributed by atoms with Crippen molar-refractivity contribution in [2.75, 3.05) is 26.2 Å². The SMILES string of the molecule is OC1(CN2CCOC(c3cccs3)C2)CCCCC1. The van der Waals surface area contributed by atoms with E-state index in [9.17, 15) is 5.11 Å². The van der Waals surface area contributed by atoms with Crippen molar-refractivity contribution in [2.24, 2.45) is 0 Å². The van der Waals surface area contributed by atoms with E-state index < -0.39 is 5.60 Å². The number of aliphatic hydroxyl groups is 1. The van der Waals surface area contributed by atoms with Gasteiger partial charge in [0.1, 0.15) is 6.10 Å². The van der Waals surface area contributed by atoms with E-state index in [0.717, 1.165) is 39.1 Å². The van der Waals surface area contributed by atoms with Gasteiger partial charge in [-0.25, -0.2) is 0 Å². The quantitative estimate of drug-likeness (QED) is 0.925. The fraction of sp³-hybridized carbons (Fsp3) is 0.733. The summed E-state index contributed by atoms with van der Waals surface area (Å²) in [6, 6.07) is 4.23. The van der Waals surface area contributed by atoms with Gasteiger partial charge in [-0.15, -0.1) is 11.3 Å². The van der Waals surface area contributed by atoms with E-state index in [1.165, 1.54) is 24.1 Å². The molecule has 0 bridgehead atoms. The zero-order valence-corrected chi connectivity index (χ0v) is 12.2. The van der Waals surface area contributed by atoms with Crippen LogP contribution in [0.25, 0.3) is 0 Å². The van der Waals surface area contributed by atoms with Crippen molar-refractivity contribution in [1.82, 2.24) is 4.90 Å². The van der Waals surface area contributed by atoms with E-state index in [1.54, 1.807) is 11.3 Å². The molecule has 3 nitrogen and oxygen atoms in total. The van der Waals surface area contributed by atoms with Crippen LogP contribution in [0.2, 0.25) is 0 Å². The monoisotopic (exact) mass is 281 g/mol. The summed E-state index contributed by atoms with van der Waals surface area (Å²) in [6.45, 7) is 3.46. The first-order chi connectivity index (χ1) is 9.25. The molecule has 0 spiro atoms. The van der Waals surface area contributed by atoms with Crippen molar-refractivity contribution < 1.29 is 9.84 Å². The number of morpholine rings is 1. The van der Waals surface area contributed by atoms with Gasteiger partial charge in [-0.2, -0.15) is 0 Å². The van der Waals surface area contributed by atoms with Gasteiger partial charge >= 0.3 is 0 Å². The Hall–Kier alpha value is -0.420. The van der Waals surface area contributed by atoms with Crippen molar-refractivity contribution in [1.29, 1.82) is 0 Å². The summed E-state index contributed by atoms with van der Waals surface area (Å²) < 4.78 is 5.86. The molecule has 1 aromatic rings.